The number of nitrogens with zero attached hydrogens (tertiary/aromatic N) is 2. The predicted octanol–water partition coefficient (Wildman–Crippen LogP) is 4.30. The van der Waals surface area contributed by atoms with Crippen LogP contribution in [0.15, 0.2) is 82.0 Å². The summed E-state index contributed by atoms with van der Waals surface area (Å²) in [7, 11) is 1.54. The monoisotopic (exact) mass is 495 g/mol. The topological polar surface area (TPSA) is 80.2 Å². The Labute approximate surface area is 207 Å². The number of esters is 1. The lowest BCUT2D eigenvalue weighted by molar-refractivity contribution is -0.141. The quantitative estimate of drug-likeness (QED) is 0.413. The lowest BCUT2D eigenvalue weighted by Gasteiger charge is -2.36. The van der Waals surface area contributed by atoms with E-state index in [9.17, 15) is 14.0 Å². The number of hydrogen-bond donors (Lipinski definition) is 1. The molecule has 7 nitrogen and oxygen atoms in total. The van der Waals surface area contributed by atoms with E-state index in [1.165, 1.54) is 23.9 Å². The van der Waals surface area contributed by atoms with Crippen molar-refractivity contribution in [2.75, 3.05) is 20.3 Å². The number of carbonyl (C=O) groups is 2. The van der Waals surface area contributed by atoms with Gasteiger partial charge < -0.3 is 19.7 Å². The summed E-state index contributed by atoms with van der Waals surface area (Å²) >= 11 is 1.41. The van der Waals surface area contributed by atoms with Gasteiger partial charge in [-0.2, -0.15) is 0 Å². The highest BCUT2D eigenvalue weighted by Gasteiger charge is 2.41. The highest BCUT2D eigenvalue weighted by molar-refractivity contribution is 8.16. The molecule has 0 unspecified atom stereocenters. The van der Waals surface area contributed by atoms with E-state index in [2.05, 4.69) is 10.3 Å². The smallest absolute Gasteiger partial charge is 0.338 e. The van der Waals surface area contributed by atoms with Gasteiger partial charge in [0, 0.05) is 19.4 Å². The number of carbonyl (C=O) groups excluding carboxylic acids is 2. The molecular formula is C26H26FN3O4S. The fraction of sp³-hybridized carbons (Fsp3) is 0.269. The number of allylic oxidation sites excluding steroid dienone is 1. The third-order valence-electron chi connectivity index (χ3n) is 5.58. The Balaban J connectivity index is 1.56. The van der Waals surface area contributed by atoms with Crippen molar-refractivity contribution in [2.24, 2.45) is 4.99 Å². The molecule has 2 aliphatic heterocycles. The molecule has 0 saturated carbocycles. The largest absolute Gasteiger partial charge is 0.460 e. The SMILES string of the molecule is COCCOC(=O)C1=C(C)N=C2SC=C(CC(=O)NCc3cccc(F)c3)N2[C@@H]1c1ccccc1. The fourth-order valence-corrected chi connectivity index (χ4v) is 4.92. The molecule has 1 amide bonds. The minimum atomic E-state index is -0.490. The number of amidine groups is 1. The van der Waals surface area contributed by atoms with Gasteiger partial charge in [0.1, 0.15) is 12.4 Å². The van der Waals surface area contributed by atoms with Crippen LogP contribution in [0.1, 0.15) is 30.5 Å². The summed E-state index contributed by atoms with van der Waals surface area (Å²) in [5.41, 5.74) is 3.27. The van der Waals surface area contributed by atoms with E-state index >= 15 is 0 Å². The Bertz CT molecular complexity index is 1200. The van der Waals surface area contributed by atoms with Crippen molar-refractivity contribution in [1.29, 1.82) is 0 Å². The first-order valence-electron chi connectivity index (χ1n) is 11.1. The van der Waals surface area contributed by atoms with Gasteiger partial charge in [-0.1, -0.05) is 54.2 Å². The third-order valence-corrected chi connectivity index (χ3v) is 6.47. The molecule has 0 aromatic heterocycles. The zero-order chi connectivity index (χ0) is 24.8. The van der Waals surface area contributed by atoms with E-state index in [0.29, 0.717) is 34.3 Å². The molecule has 2 aliphatic rings. The number of fused-ring (bicyclic) bond motifs is 1. The van der Waals surface area contributed by atoms with E-state index in [-0.39, 0.29) is 31.3 Å². The first-order valence-corrected chi connectivity index (χ1v) is 12.0. The summed E-state index contributed by atoms with van der Waals surface area (Å²) in [5, 5.41) is 5.41. The van der Waals surface area contributed by atoms with Crippen LogP contribution < -0.4 is 5.32 Å². The van der Waals surface area contributed by atoms with Gasteiger partial charge in [-0.05, 0) is 35.6 Å². The second-order valence-corrected chi connectivity index (χ2v) is 8.85. The minimum absolute atomic E-state index is 0.0791. The van der Waals surface area contributed by atoms with Crippen LogP contribution in [0.25, 0.3) is 0 Å². The maximum absolute atomic E-state index is 13.4. The molecule has 0 aliphatic carbocycles. The average Bonchev–Trinajstić information content (AvgIpc) is 3.24. The number of hydrogen-bond acceptors (Lipinski definition) is 7. The van der Waals surface area contributed by atoms with Crippen molar-refractivity contribution in [3.63, 3.8) is 0 Å². The first-order chi connectivity index (χ1) is 17.0. The summed E-state index contributed by atoms with van der Waals surface area (Å²) in [6, 6.07) is 15.2. The van der Waals surface area contributed by atoms with Gasteiger partial charge in [0.05, 0.1) is 30.3 Å². The number of benzene rings is 2. The number of aliphatic imine (C=N–C) groups is 1. The first kappa shape index (κ1) is 24.7. The molecule has 2 aromatic rings. The van der Waals surface area contributed by atoms with Crippen LogP contribution in [0.5, 0.6) is 0 Å². The van der Waals surface area contributed by atoms with E-state index < -0.39 is 12.0 Å². The van der Waals surface area contributed by atoms with Crippen molar-refractivity contribution in [1.82, 2.24) is 10.2 Å². The Hall–Kier alpha value is -3.43. The zero-order valence-corrected chi connectivity index (χ0v) is 20.3. The van der Waals surface area contributed by atoms with Crippen LogP contribution in [0, 0.1) is 5.82 Å². The summed E-state index contributed by atoms with van der Waals surface area (Å²) < 4.78 is 23.9. The Morgan fingerprint density at radius 1 is 1.14 bits per heavy atom. The molecule has 182 valence electrons. The van der Waals surface area contributed by atoms with Crippen molar-refractivity contribution >= 4 is 28.8 Å². The molecular weight excluding hydrogens is 469 g/mol. The molecule has 35 heavy (non-hydrogen) atoms. The summed E-state index contributed by atoms with van der Waals surface area (Å²) in [6.45, 7) is 2.43. The number of nitrogens with one attached hydrogen (secondary N) is 1. The number of methoxy groups -OCH3 is 1. The van der Waals surface area contributed by atoms with Crippen molar-refractivity contribution < 1.29 is 23.5 Å². The summed E-state index contributed by atoms with van der Waals surface area (Å²) in [5.74, 6) is -1.04. The predicted molar refractivity (Wildman–Crippen MR) is 133 cm³/mol. The fourth-order valence-electron chi connectivity index (χ4n) is 3.95. The molecule has 0 radical (unpaired) electrons. The van der Waals surface area contributed by atoms with Crippen molar-refractivity contribution in [3.8, 4) is 0 Å². The third kappa shape index (κ3) is 5.80. The van der Waals surface area contributed by atoms with Gasteiger partial charge in [0.25, 0.3) is 0 Å². The molecule has 0 bridgehead atoms. The Morgan fingerprint density at radius 2 is 1.94 bits per heavy atom. The molecule has 4 rings (SSSR count). The number of rotatable bonds is 9. The zero-order valence-electron chi connectivity index (χ0n) is 19.5. The van der Waals surface area contributed by atoms with E-state index in [0.717, 1.165) is 5.56 Å². The molecule has 0 saturated heterocycles. The molecule has 0 spiro atoms. The van der Waals surface area contributed by atoms with Gasteiger partial charge in [-0.25, -0.2) is 14.2 Å². The molecule has 1 N–H and O–H groups in total. The van der Waals surface area contributed by atoms with Crippen LogP contribution in [-0.4, -0.2) is 42.3 Å². The number of halogens is 1. The molecule has 2 aromatic carbocycles. The van der Waals surface area contributed by atoms with Crippen LogP contribution >= 0.6 is 11.8 Å². The van der Waals surface area contributed by atoms with Crippen LogP contribution in [0.2, 0.25) is 0 Å². The van der Waals surface area contributed by atoms with Gasteiger partial charge in [-0.15, -0.1) is 0 Å². The molecule has 9 heteroatoms. The van der Waals surface area contributed by atoms with E-state index in [1.54, 1.807) is 26.2 Å². The Morgan fingerprint density at radius 3 is 2.69 bits per heavy atom. The number of ether oxygens (including phenoxy) is 2. The lowest BCUT2D eigenvalue weighted by Crippen LogP contribution is -2.38. The summed E-state index contributed by atoms with van der Waals surface area (Å²) in [6.07, 6.45) is 0.0791. The van der Waals surface area contributed by atoms with E-state index in [4.69, 9.17) is 9.47 Å². The number of amides is 1. The van der Waals surface area contributed by atoms with Crippen LogP contribution in [0.3, 0.4) is 0 Å². The van der Waals surface area contributed by atoms with E-state index in [1.807, 2.05) is 40.6 Å². The Kier molecular flexibility index (Phi) is 7.99. The summed E-state index contributed by atoms with van der Waals surface area (Å²) in [4.78, 5) is 32.5. The highest BCUT2D eigenvalue weighted by Crippen LogP contribution is 2.44. The maximum atomic E-state index is 13.4. The molecule has 0 fully saturated rings. The van der Waals surface area contributed by atoms with Gasteiger partial charge >= 0.3 is 5.97 Å². The standard InChI is InChI=1S/C26H26FN3O4S/c1-17-23(25(32)34-12-11-33-2)24(19-8-4-3-5-9-19)30-21(16-35-26(30)29-17)14-22(31)28-15-18-7-6-10-20(27)13-18/h3-10,13,16,24H,11-12,14-15H2,1-2H3,(H,28,31)/t24-/m1/s1. The van der Waals surface area contributed by atoms with Crippen LogP contribution in [0.4, 0.5) is 4.39 Å². The lowest BCUT2D eigenvalue weighted by atomic mass is 9.94. The van der Waals surface area contributed by atoms with Crippen LogP contribution in [-0.2, 0) is 25.6 Å². The minimum Gasteiger partial charge on any atom is -0.460 e. The number of thioether (sulfide) groups is 1. The molecule has 2 heterocycles. The maximum Gasteiger partial charge on any atom is 0.338 e. The average molecular weight is 496 g/mol. The molecule has 1 atom stereocenters. The normalized spacial score (nSPS) is 17.0. The second kappa shape index (κ2) is 11.3. The van der Waals surface area contributed by atoms with Gasteiger partial charge in [0.15, 0.2) is 5.17 Å². The van der Waals surface area contributed by atoms with Crippen molar-refractivity contribution in [2.45, 2.75) is 25.9 Å². The van der Waals surface area contributed by atoms with Gasteiger partial charge in [-0.3, -0.25) is 4.79 Å². The van der Waals surface area contributed by atoms with Gasteiger partial charge in [0.2, 0.25) is 5.91 Å². The van der Waals surface area contributed by atoms with Crippen molar-refractivity contribution in [3.05, 3.63) is 93.9 Å². The highest BCUT2D eigenvalue weighted by atomic mass is 32.2. The second-order valence-electron chi connectivity index (χ2n) is 8.02.